The average molecular weight is 504 g/mol. The van der Waals surface area contributed by atoms with E-state index in [0.29, 0.717) is 35.2 Å². The molecule has 6 rings (SSSR count). The third-order valence-corrected chi connectivity index (χ3v) is 6.05. The Morgan fingerprint density at radius 2 is 1.86 bits per heavy atom. The lowest BCUT2D eigenvalue weighted by atomic mass is 10.2. The van der Waals surface area contributed by atoms with Crippen molar-refractivity contribution in [2.75, 3.05) is 6.54 Å². The molecule has 0 unspecified atom stereocenters. The van der Waals surface area contributed by atoms with E-state index in [9.17, 15) is 18.0 Å². The molecule has 0 aliphatic rings. The quantitative estimate of drug-likeness (QED) is 0.357. The highest BCUT2D eigenvalue weighted by atomic mass is 19.4. The molecular weight excluding hydrogens is 485 g/mol. The highest BCUT2D eigenvalue weighted by Crippen LogP contribution is 2.31. The van der Waals surface area contributed by atoms with Gasteiger partial charge < -0.3 is 10.3 Å². The number of benzene rings is 2. The fourth-order valence-corrected chi connectivity index (χ4v) is 4.30. The largest absolute Gasteiger partial charge is 0.416 e. The van der Waals surface area contributed by atoms with Gasteiger partial charge in [-0.05, 0) is 36.4 Å². The number of para-hydroxylation sites is 1. The summed E-state index contributed by atoms with van der Waals surface area (Å²) in [5.74, 6) is 0.807. The van der Waals surface area contributed by atoms with Crippen LogP contribution >= 0.6 is 0 Å². The molecule has 0 spiro atoms. The molecule has 0 aliphatic heterocycles. The average Bonchev–Trinajstić information content (AvgIpc) is 3.58. The fraction of sp³-hybridized carbons (Fsp3) is 0.160. The van der Waals surface area contributed by atoms with Crippen LogP contribution in [0.15, 0.2) is 66.9 Å². The first-order valence-corrected chi connectivity index (χ1v) is 11.4. The molecule has 0 radical (unpaired) electrons. The third kappa shape index (κ3) is 4.26. The van der Waals surface area contributed by atoms with Crippen molar-refractivity contribution in [3.63, 3.8) is 0 Å². The number of nitrogens with one attached hydrogen (secondary N) is 2. The van der Waals surface area contributed by atoms with Gasteiger partial charge in [-0.2, -0.15) is 18.3 Å². The molecule has 4 aromatic heterocycles. The Morgan fingerprint density at radius 3 is 2.73 bits per heavy atom. The first-order chi connectivity index (χ1) is 17.9. The van der Waals surface area contributed by atoms with Gasteiger partial charge in [0.15, 0.2) is 11.3 Å². The van der Waals surface area contributed by atoms with Crippen molar-refractivity contribution in [2.24, 2.45) is 0 Å². The number of hydrogen-bond acceptors (Lipinski definition) is 5. The highest BCUT2D eigenvalue weighted by Gasteiger charge is 2.30. The Balaban J connectivity index is 1.22. The van der Waals surface area contributed by atoms with Gasteiger partial charge in [0.25, 0.3) is 5.91 Å². The van der Waals surface area contributed by atoms with Crippen LogP contribution in [0.1, 0.15) is 27.7 Å². The van der Waals surface area contributed by atoms with Crippen molar-refractivity contribution in [1.82, 2.24) is 39.7 Å². The second-order valence-electron chi connectivity index (χ2n) is 8.49. The number of rotatable bonds is 6. The number of nitrogens with zero attached hydrogens (tertiary/aromatic N) is 6. The van der Waals surface area contributed by atoms with Crippen LogP contribution < -0.4 is 5.32 Å². The van der Waals surface area contributed by atoms with Gasteiger partial charge in [-0.1, -0.05) is 24.3 Å². The molecule has 0 saturated carbocycles. The van der Waals surface area contributed by atoms with Crippen LogP contribution in [-0.2, 0) is 19.1 Å². The van der Waals surface area contributed by atoms with Crippen LogP contribution in [0.5, 0.6) is 0 Å². The zero-order chi connectivity index (χ0) is 25.6. The standard InChI is InChI=1S/C25H19F3N8O/c26-25(27,28)15-8-9-17-18(13-15)31-20(30-17)14-36-19-6-2-1-5-16(19)23(34-36)24(37)29-11-10-22-33-32-21-7-3-4-12-35(21)22/h1-9,12-13H,10-11,14H2,(H,29,37)(H,30,31). The summed E-state index contributed by atoms with van der Waals surface area (Å²) in [6, 6.07) is 16.2. The van der Waals surface area contributed by atoms with Gasteiger partial charge in [-0.25, -0.2) is 4.98 Å². The van der Waals surface area contributed by atoms with E-state index >= 15 is 0 Å². The molecule has 1 amide bonds. The second-order valence-corrected chi connectivity index (χ2v) is 8.49. The molecular formula is C25H19F3N8O. The molecule has 186 valence electrons. The Kier molecular flexibility index (Phi) is 5.36. The predicted octanol–water partition coefficient (Wildman–Crippen LogP) is 3.99. The maximum absolute atomic E-state index is 13.1. The van der Waals surface area contributed by atoms with Crippen LogP contribution in [0.25, 0.3) is 27.6 Å². The predicted molar refractivity (Wildman–Crippen MR) is 129 cm³/mol. The molecule has 6 aromatic rings. The maximum atomic E-state index is 13.1. The van der Waals surface area contributed by atoms with Crippen LogP contribution in [0.2, 0.25) is 0 Å². The van der Waals surface area contributed by atoms with E-state index in [1.54, 1.807) is 10.7 Å². The number of carbonyl (C=O) groups is 1. The minimum absolute atomic E-state index is 0.148. The summed E-state index contributed by atoms with van der Waals surface area (Å²) in [7, 11) is 0. The molecule has 12 heteroatoms. The van der Waals surface area contributed by atoms with Crippen LogP contribution in [0.4, 0.5) is 13.2 Å². The molecule has 2 aromatic carbocycles. The van der Waals surface area contributed by atoms with E-state index in [-0.39, 0.29) is 23.7 Å². The Labute approximate surface area is 207 Å². The zero-order valence-corrected chi connectivity index (χ0v) is 19.2. The number of pyridine rings is 1. The van der Waals surface area contributed by atoms with E-state index in [0.717, 1.165) is 23.6 Å². The number of amides is 1. The third-order valence-electron chi connectivity index (χ3n) is 6.05. The van der Waals surface area contributed by atoms with Crippen molar-refractivity contribution in [1.29, 1.82) is 0 Å². The smallest absolute Gasteiger partial charge is 0.350 e. The Hall–Kier alpha value is -4.74. The van der Waals surface area contributed by atoms with Gasteiger partial charge in [0.05, 0.1) is 28.7 Å². The first kappa shape index (κ1) is 22.7. The van der Waals surface area contributed by atoms with Crippen molar-refractivity contribution in [3.05, 3.63) is 89.8 Å². The Morgan fingerprint density at radius 1 is 1.03 bits per heavy atom. The minimum Gasteiger partial charge on any atom is -0.350 e. The fourth-order valence-electron chi connectivity index (χ4n) is 4.30. The lowest BCUT2D eigenvalue weighted by Gasteiger charge is -2.05. The molecule has 0 bridgehead atoms. The van der Waals surface area contributed by atoms with E-state index in [2.05, 4.69) is 30.6 Å². The number of alkyl halides is 3. The summed E-state index contributed by atoms with van der Waals surface area (Å²) in [6.07, 6.45) is -2.10. The van der Waals surface area contributed by atoms with E-state index in [1.165, 1.54) is 6.07 Å². The first-order valence-electron chi connectivity index (χ1n) is 11.4. The second kappa shape index (κ2) is 8.73. The number of halogens is 3. The lowest BCUT2D eigenvalue weighted by molar-refractivity contribution is -0.137. The number of imidazole rings is 1. The molecule has 0 atom stereocenters. The molecule has 4 heterocycles. The number of carbonyl (C=O) groups excluding carboxylic acids is 1. The summed E-state index contributed by atoms with van der Waals surface area (Å²) in [5, 5.41) is 16.3. The molecule has 37 heavy (non-hydrogen) atoms. The van der Waals surface area contributed by atoms with Crippen molar-refractivity contribution >= 4 is 33.5 Å². The van der Waals surface area contributed by atoms with Crippen LogP contribution in [0, 0.1) is 0 Å². The molecule has 2 N–H and O–H groups in total. The number of H-pyrrole nitrogens is 1. The molecule has 0 fully saturated rings. The van der Waals surface area contributed by atoms with Gasteiger partial charge >= 0.3 is 6.18 Å². The van der Waals surface area contributed by atoms with Crippen molar-refractivity contribution in [3.8, 4) is 0 Å². The number of aromatic nitrogens is 7. The SMILES string of the molecule is O=C(NCCc1nnc2ccccn12)c1nn(Cc2nc3ccc(C(F)(F)F)cc3[nH]2)c2ccccc12. The highest BCUT2D eigenvalue weighted by molar-refractivity contribution is 6.04. The summed E-state index contributed by atoms with van der Waals surface area (Å²) in [5.41, 5.74) is 1.62. The number of aromatic amines is 1. The van der Waals surface area contributed by atoms with Crippen LogP contribution in [-0.4, -0.2) is 46.8 Å². The van der Waals surface area contributed by atoms with Gasteiger partial charge in [0, 0.05) is 24.5 Å². The van der Waals surface area contributed by atoms with Crippen molar-refractivity contribution < 1.29 is 18.0 Å². The molecule has 0 saturated heterocycles. The minimum atomic E-state index is -4.44. The number of fused-ring (bicyclic) bond motifs is 3. The van der Waals surface area contributed by atoms with E-state index in [4.69, 9.17) is 0 Å². The topological polar surface area (TPSA) is 106 Å². The lowest BCUT2D eigenvalue weighted by Crippen LogP contribution is -2.27. The normalized spacial score (nSPS) is 12.1. The monoisotopic (exact) mass is 504 g/mol. The summed E-state index contributed by atoms with van der Waals surface area (Å²) in [6.45, 7) is 0.483. The van der Waals surface area contributed by atoms with Gasteiger partial charge in [-0.3, -0.25) is 13.9 Å². The van der Waals surface area contributed by atoms with Crippen LogP contribution in [0.3, 0.4) is 0 Å². The number of hydrogen-bond donors (Lipinski definition) is 2. The van der Waals surface area contributed by atoms with Gasteiger partial charge in [-0.15, -0.1) is 10.2 Å². The van der Waals surface area contributed by atoms with E-state index in [1.807, 2.05) is 47.0 Å². The van der Waals surface area contributed by atoms with Gasteiger partial charge in [0.2, 0.25) is 0 Å². The summed E-state index contributed by atoms with van der Waals surface area (Å²) in [4.78, 5) is 20.4. The Bertz CT molecular complexity index is 1760. The molecule has 9 nitrogen and oxygen atoms in total. The van der Waals surface area contributed by atoms with Gasteiger partial charge in [0.1, 0.15) is 11.6 Å². The summed E-state index contributed by atoms with van der Waals surface area (Å²) < 4.78 is 42.7. The summed E-state index contributed by atoms with van der Waals surface area (Å²) >= 11 is 0. The van der Waals surface area contributed by atoms with Crippen molar-refractivity contribution in [2.45, 2.75) is 19.1 Å². The van der Waals surface area contributed by atoms with E-state index < -0.39 is 11.7 Å². The zero-order valence-electron chi connectivity index (χ0n) is 19.2. The molecule has 0 aliphatic carbocycles. The maximum Gasteiger partial charge on any atom is 0.416 e.